The van der Waals surface area contributed by atoms with Crippen molar-refractivity contribution in [3.63, 3.8) is 0 Å². The van der Waals surface area contributed by atoms with E-state index >= 15 is 0 Å². The van der Waals surface area contributed by atoms with Crippen molar-refractivity contribution in [3.05, 3.63) is 52.9 Å². The zero-order chi connectivity index (χ0) is 15.6. The van der Waals surface area contributed by atoms with Gasteiger partial charge in [-0.3, -0.25) is 9.69 Å². The van der Waals surface area contributed by atoms with E-state index in [1.807, 2.05) is 0 Å². The van der Waals surface area contributed by atoms with Crippen LogP contribution in [-0.2, 0) is 4.79 Å². The minimum atomic E-state index is -0.761. The maximum absolute atomic E-state index is 13.7. The van der Waals surface area contributed by atoms with E-state index < -0.39 is 17.5 Å². The van der Waals surface area contributed by atoms with Crippen LogP contribution in [0.3, 0.4) is 0 Å². The minimum absolute atomic E-state index is 0.0126. The zero-order valence-corrected chi connectivity index (χ0v) is 11.4. The van der Waals surface area contributed by atoms with Crippen molar-refractivity contribution < 1.29 is 19.1 Å². The Bertz CT molecular complexity index is 669. The lowest BCUT2D eigenvalue weighted by Gasteiger charge is -2.21. The highest BCUT2D eigenvalue weighted by atomic mass is 19.1. The largest absolute Gasteiger partial charge is 0.630 e. The van der Waals surface area contributed by atoms with Gasteiger partial charge < -0.3 is 10.7 Å². The van der Waals surface area contributed by atoms with Crippen molar-refractivity contribution in [3.8, 4) is 0 Å². The van der Waals surface area contributed by atoms with Crippen LogP contribution in [0.1, 0.15) is 12.5 Å². The number of benzene rings is 1. The van der Waals surface area contributed by atoms with Crippen molar-refractivity contribution in [2.45, 2.75) is 13.8 Å². The van der Waals surface area contributed by atoms with Gasteiger partial charge in [0.2, 0.25) is 5.91 Å². The minimum Gasteiger partial charge on any atom is -0.630 e. The monoisotopic (exact) mass is 293 g/mol. The fraction of sp³-hybridized carbons (Fsp3) is 0.143. The highest BCUT2D eigenvalue weighted by molar-refractivity contribution is 5.98. The number of nitrogens with two attached hydrogens (primary N) is 1. The van der Waals surface area contributed by atoms with Gasteiger partial charge in [-0.1, -0.05) is 0 Å². The van der Waals surface area contributed by atoms with E-state index in [1.54, 1.807) is 0 Å². The molecule has 1 aromatic carbocycles. The number of rotatable bonds is 3. The van der Waals surface area contributed by atoms with E-state index in [0.717, 1.165) is 17.0 Å². The predicted octanol–water partition coefficient (Wildman–Crippen LogP) is 2.05. The molecule has 5 nitrogen and oxygen atoms in total. The number of quaternary nitrogens is 1. The molecule has 0 bridgehead atoms. The van der Waals surface area contributed by atoms with Crippen LogP contribution < -0.4 is 10.4 Å². The van der Waals surface area contributed by atoms with Crippen molar-refractivity contribution in [2.75, 3.05) is 4.90 Å². The molecule has 0 unspecified atom stereocenters. The first-order valence-corrected chi connectivity index (χ1v) is 6.11. The van der Waals surface area contributed by atoms with Gasteiger partial charge >= 0.3 is 0 Å². The molecule has 0 spiro atoms. The van der Waals surface area contributed by atoms with Crippen LogP contribution in [0.2, 0.25) is 0 Å². The molecule has 0 aliphatic rings. The fourth-order valence-corrected chi connectivity index (χ4v) is 1.87. The summed E-state index contributed by atoms with van der Waals surface area (Å²) in [7, 11) is 0. The van der Waals surface area contributed by atoms with Crippen LogP contribution in [0.5, 0.6) is 0 Å². The van der Waals surface area contributed by atoms with Gasteiger partial charge in [0.25, 0.3) is 0 Å². The van der Waals surface area contributed by atoms with Gasteiger partial charge in [-0.05, 0) is 19.1 Å². The summed E-state index contributed by atoms with van der Waals surface area (Å²) >= 11 is 0. The standard InChI is InChI=1S/C14H13F2N3O2/c1-8-12(15)6-11(7-13(8)16)19(9(2)20)14-5-10(18-21)3-4-17-14/h3-7H,18H2,1-2H3. The topological polar surface area (TPSA) is 72.9 Å². The molecule has 7 heteroatoms. The van der Waals surface area contributed by atoms with E-state index in [-0.39, 0.29) is 17.1 Å². The lowest BCUT2D eigenvalue weighted by atomic mass is 10.2. The Morgan fingerprint density at radius 2 is 1.90 bits per heavy atom. The summed E-state index contributed by atoms with van der Waals surface area (Å²) in [5, 5.41) is 10.8. The number of hydrogen-bond donors (Lipinski definition) is 1. The van der Waals surface area contributed by atoms with Crippen molar-refractivity contribution in [2.24, 2.45) is 0 Å². The zero-order valence-electron chi connectivity index (χ0n) is 11.4. The molecular weight excluding hydrogens is 280 g/mol. The molecule has 0 saturated carbocycles. The summed E-state index contributed by atoms with van der Waals surface area (Å²) in [6.07, 6.45) is 1.34. The van der Waals surface area contributed by atoms with Crippen LogP contribution in [0, 0.1) is 23.8 Å². The molecule has 2 rings (SSSR count). The van der Waals surface area contributed by atoms with Crippen LogP contribution in [0.15, 0.2) is 30.5 Å². The molecule has 0 fully saturated rings. The molecule has 2 N–H and O–H groups in total. The Balaban J connectivity index is 2.56. The first-order chi connectivity index (χ1) is 9.93. The summed E-state index contributed by atoms with van der Waals surface area (Å²) in [6, 6.07) is 4.93. The van der Waals surface area contributed by atoms with Gasteiger partial charge in [0.15, 0.2) is 0 Å². The van der Waals surface area contributed by atoms with E-state index in [0.29, 0.717) is 11.2 Å². The lowest BCUT2D eigenvalue weighted by Crippen LogP contribution is -2.70. The summed E-state index contributed by atoms with van der Waals surface area (Å²) in [4.78, 5) is 16.8. The Morgan fingerprint density at radius 1 is 1.29 bits per heavy atom. The summed E-state index contributed by atoms with van der Waals surface area (Å²) in [6.45, 7) is 2.54. The smallest absolute Gasteiger partial charge is 0.229 e. The number of nitrogens with zero attached hydrogens (tertiary/aromatic N) is 2. The number of hydrogen-bond acceptors (Lipinski definition) is 3. The molecule has 21 heavy (non-hydrogen) atoms. The lowest BCUT2D eigenvalue weighted by molar-refractivity contribution is -0.497. The molecule has 0 aliphatic heterocycles. The van der Waals surface area contributed by atoms with E-state index in [9.17, 15) is 18.8 Å². The molecule has 2 aromatic rings. The number of halogens is 2. The molecule has 0 aliphatic carbocycles. The van der Waals surface area contributed by atoms with E-state index in [1.165, 1.54) is 32.2 Å². The van der Waals surface area contributed by atoms with Crippen LogP contribution >= 0.6 is 0 Å². The SMILES string of the molecule is CC(=O)N(c1cc(F)c(C)c(F)c1)c1cc([NH2+][O-])ccn1. The number of anilines is 2. The highest BCUT2D eigenvalue weighted by Crippen LogP contribution is 2.28. The third-order valence-electron chi connectivity index (χ3n) is 2.97. The second-order valence-electron chi connectivity index (χ2n) is 4.45. The number of carbonyl (C=O) groups is 1. The molecule has 1 amide bonds. The Hall–Kier alpha value is -2.38. The second kappa shape index (κ2) is 5.94. The first kappa shape index (κ1) is 15.0. The summed E-state index contributed by atoms with van der Waals surface area (Å²) in [5.41, 5.74) is 0.787. The van der Waals surface area contributed by atoms with Gasteiger partial charge in [0, 0.05) is 30.8 Å². The highest BCUT2D eigenvalue weighted by Gasteiger charge is 2.19. The van der Waals surface area contributed by atoms with Crippen molar-refractivity contribution in [1.82, 2.24) is 4.98 Å². The van der Waals surface area contributed by atoms with E-state index in [4.69, 9.17) is 0 Å². The average Bonchev–Trinajstić information content (AvgIpc) is 2.44. The molecular formula is C14H13F2N3O2. The quantitative estimate of drug-likeness (QED) is 0.880. The molecule has 1 aromatic heterocycles. The maximum atomic E-state index is 13.7. The number of carbonyl (C=O) groups excluding carboxylic acids is 1. The average molecular weight is 293 g/mol. The molecule has 0 radical (unpaired) electrons. The second-order valence-corrected chi connectivity index (χ2v) is 4.45. The molecule has 0 saturated heterocycles. The van der Waals surface area contributed by atoms with Crippen LogP contribution in [-0.4, -0.2) is 10.9 Å². The summed E-state index contributed by atoms with van der Waals surface area (Å²) < 4.78 is 27.3. The Kier molecular flexibility index (Phi) is 4.25. The van der Waals surface area contributed by atoms with Crippen molar-refractivity contribution >= 4 is 23.1 Å². The van der Waals surface area contributed by atoms with Gasteiger partial charge in [-0.2, -0.15) is 0 Å². The number of pyridine rings is 1. The van der Waals surface area contributed by atoms with Gasteiger partial charge in [-0.15, -0.1) is 0 Å². The predicted molar refractivity (Wildman–Crippen MR) is 73.1 cm³/mol. The molecule has 1 heterocycles. The maximum Gasteiger partial charge on any atom is 0.229 e. The first-order valence-electron chi connectivity index (χ1n) is 6.11. The fourth-order valence-electron chi connectivity index (χ4n) is 1.87. The third-order valence-corrected chi connectivity index (χ3v) is 2.97. The van der Waals surface area contributed by atoms with E-state index in [2.05, 4.69) is 4.98 Å². The third kappa shape index (κ3) is 3.04. The normalized spacial score (nSPS) is 10.5. The van der Waals surface area contributed by atoms with Crippen LogP contribution in [0.25, 0.3) is 0 Å². The van der Waals surface area contributed by atoms with Gasteiger partial charge in [-0.25, -0.2) is 13.8 Å². The van der Waals surface area contributed by atoms with Gasteiger partial charge in [0.1, 0.15) is 23.1 Å². The Morgan fingerprint density at radius 3 is 2.43 bits per heavy atom. The molecule has 0 atom stereocenters. The Labute approximate surface area is 119 Å². The van der Waals surface area contributed by atoms with Gasteiger partial charge in [0.05, 0.1) is 5.69 Å². The summed E-state index contributed by atoms with van der Waals surface area (Å²) in [5.74, 6) is -1.88. The molecule has 110 valence electrons. The van der Waals surface area contributed by atoms with Crippen molar-refractivity contribution in [1.29, 1.82) is 0 Å². The number of aromatic nitrogens is 1. The number of amides is 1. The van der Waals surface area contributed by atoms with Crippen LogP contribution in [0.4, 0.5) is 26.0 Å².